The van der Waals surface area contributed by atoms with E-state index in [0.717, 1.165) is 37.1 Å². The van der Waals surface area contributed by atoms with Gasteiger partial charge in [0.25, 0.3) is 0 Å². The molecule has 0 bridgehead atoms. The smallest absolute Gasteiger partial charge is 0.227 e. The highest BCUT2D eigenvalue weighted by Crippen LogP contribution is 2.28. The van der Waals surface area contributed by atoms with E-state index in [1.165, 1.54) is 0 Å². The second-order valence-corrected chi connectivity index (χ2v) is 5.78. The summed E-state index contributed by atoms with van der Waals surface area (Å²) in [5.41, 5.74) is 2.89. The molecule has 2 saturated heterocycles. The highest BCUT2D eigenvalue weighted by Gasteiger charge is 2.41. The fraction of sp³-hybridized carbons (Fsp3) is 0.500. The molecule has 20 heavy (non-hydrogen) atoms. The number of hydrogen-bond donors (Lipinski definition) is 1. The summed E-state index contributed by atoms with van der Waals surface area (Å²) in [6, 6.07) is 8.16. The lowest BCUT2D eigenvalue weighted by Gasteiger charge is -2.23. The molecule has 2 aliphatic heterocycles. The number of rotatable bonds is 2. The molecule has 0 saturated carbocycles. The second kappa shape index (κ2) is 5.26. The molecule has 2 atom stereocenters. The van der Waals surface area contributed by atoms with Crippen LogP contribution in [0.5, 0.6) is 0 Å². The number of nitriles is 1. The molecule has 2 unspecified atom stereocenters. The lowest BCUT2D eigenvalue weighted by molar-refractivity contribution is -0.131. The zero-order chi connectivity index (χ0) is 14.1. The number of benzene rings is 1. The fourth-order valence-electron chi connectivity index (χ4n) is 3.29. The van der Waals surface area contributed by atoms with E-state index < -0.39 is 0 Å². The summed E-state index contributed by atoms with van der Waals surface area (Å²) < 4.78 is 0. The van der Waals surface area contributed by atoms with Crippen molar-refractivity contribution in [3.05, 3.63) is 34.9 Å². The quantitative estimate of drug-likeness (QED) is 0.886. The van der Waals surface area contributed by atoms with Crippen molar-refractivity contribution in [2.24, 2.45) is 5.92 Å². The summed E-state index contributed by atoms with van der Waals surface area (Å²) in [7, 11) is 0. The minimum Gasteiger partial charge on any atom is -0.336 e. The lowest BCUT2D eigenvalue weighted by Crippen LogP contribution is -2.41. The molecule has 2 fully saturated rings. The number of amides is 1. The lowest BCUT2D eigenvalue weighted by atomic mass is 9.94. The SMILES string of the molecule is Cc1cc(C#N)ccc1CN1CC2NCCCC2C1=O. The van der Waals surface area contributed by atoms with E-state index in [0.29, 0.717) is 18.2 Å². The summed E-state index contributed by atoms with van der Waals surface area (Å²) in [4.78, 5) is 14.4. The van der Waals surface area contributed by atoms with Gasteiger partial charge in [-0.3, -0.25) is 4.79 Å². The number of hydrogen-bond acceptors (Lipinski definition) is 3. The van der Waals surface area contributed by atoms with Crippen LogP contribution < -0.4 is 5.32 Å². The Bertz CT molecular complexity index is 576. The van der Waals surface area contributed by atoms with Gasteiger partial charge >= 0.3 is 0 Å². The van der Waals surface area contributed by atoms with Crippen LogP contribution in [0.4, 0.5) is 0 Å². The maximum absolute atomic E-state index is 12.4. The van der Waals surface area contributed by atoms with Crippen LogP contribution in [-0.4, -0.2) is 29.9 Å². The van der Waals surface area contributed by atoms with Gasteiger partial charge in [-0.25, -0.2) is 0 Å². The molecule has 0 aromatic heterocycles. The minimum atomic E-state index is 0.169. The van der Waals surface area contributed by atoms with Gasteiger partial charge < -0.3 is 10.2 Å². The first-order chi connectivity index (χ1) is 9.69. The third-order valence-electron chi connectivity index (χ3n) is 4.46. The molecule has 2 heterocycles. The molecule has 1 amide bonds. The van der Waals surface area contributed by atoms with Crippen molar-refractivity contribution in [2.45, 2.75) is 32.4 Å². The first kappa shape index (κ1) is 13.1. The molecule has 0 aliphatic carbocycles. The monoisotopic (exact) mass is 269 g/mol. The van der Waals surface area contributed by atoms with Crippen LogP contribution in [0.15, 0.2) is 18.2 Å². The molecule has 1 N–H and O–H groups in total. The molecule has 4 nitrogen and oxygen atoms in total. The third-order valence-corrected chi connectivity index (χ3v) is 4.46. The topological polar surface area (TPSA) is 56.1 Å². The van der Waals surface area contributed by atoms with Crippen molar-refractivity contribution in [1.82, 2.24) is 10.2 Å². The zero-order valence-corrected chi connectivity index (χ0v) is 11.7. The van der Waals surface area contributed by atoms with E-state index in [2.05, 4.69) is 11.4 Å². The van der Waals surface area contributed by atoms with Gasteiger partial charge in [0.15, 0.2) is 0 Å². The van der Waals surface area contributed by atoms with Gasteiger partial charge in [0.05, 0.1) is 17.6 Å². The summed E-state index contributed by atoms with van der Waals surface area (Å²) in [6.45, 7) is 4.49. The Morgan fingerprint density at radius 2 is 2.35 bits per heavy atom. The van der Waals surface area contributed by atoms with Gasteiger partial charge in [-0.05, 0) is 49.6 Å². The fourth-order valence-corrected chi connectivity index (χ4v) is 3.29. The van der Waals surface area contributed by atoms with Crippen LogP contribution in [0, 0.1) is 24.2 Å². The Balaban J connectivity index is 1.75. The van der Waals surface area contributed by atoms with Crippen LogP contribution in [0.1, 0.15) is 29.5 Å². The average molecular weight is 269 g/mol. The number of carbonyl (C=O) groups is 1. The Morgan fingerprint density at radius 3 is 3.05 bits per heavy atom. The van der Waals surface area contributed by atoms with Crippen molar-refractivity contribution in [3.8, 4) is 6.07 Å². The van der Waals surface area contributed by atoms with Crippen LogP contribution in [0.25, 0.3) is 0 Å². The summed E-state index contributed by atoms with van der Waals surface area (Å²) in [5, 5.41) is 12.4. The Kier molecular flexibility index (Phi) is 3.45. The van der Waals surface area contributed by atoms with E-state index in [9.17, 15) is 4.79 Å². The van der Waals surface area contributed by atoms with E-state index >= 15 is 0 Å². The molecular formula is C16H19N3O. The largest absolute Gasteiger partial charge is 0.336 e. The number of nitrogens with one attached hydrogen (secondary N) is 1. The minimum absolute atomic E-state index is 0.169. The average Bonchev–Trinajstić information content (AvgIpc) is 2.78. The van der Waals surface area contributed by atoms with Crippen molar-refractivity contribution in [1.29, 1.82) is 5.26 Å². The van der Waals surface area contributed by atoms with Gasteiger partial charge in [-0.2, -0.15) is 5.26 Å². The van der Waals surface area contributed by atoms with Crippen LogP contribution in [0.2, 0.25) is 0 Å². The first-order valence-corrected chi connectivity index (χ1v) is 7.21. The maximum atomic E-state index is 12.4. The predicted molar refractivity (Wildman–Crippen MR) is 75.8 cm³/mol. The molecule has 1 aromatic rings. The van der Waals surface area contributed by atoms with Gasteiger partial charge in [0.2, 0.25) is 5.91 Å². The molecule has 104 valence electrons. The Labute approximate surface area is 119 Å². The van der Waals surface area contributed by atoms with E-state index in [1.54, 1.807) is 0 Å². The van der Waals surface area contributed by atoms with Crippen molar-refractivity contribution in [3.63, 3.8) is 0 Å². The molecule has 4 heteroatoms. The van der Waals surface area contributed by atoms with Gasteiger partial charge in [-0.15, -0.1) is 0 Å². The van der Waals surface area contributed by atoms with E-state index in [1.807, 2.05) is 30.0 Å². The highest BCUT2D eigenvalue weighted by atomic mass is 16.2. The molecular weight excluding hydrogens is 250 g/mol. The molecule has 1 aromatic carbocycles. The Hall–Kier alpha value is -1.86. The third kappa shape index (κ3) is 2.30. The molecule has 0 spiro atoms. The van der Waals surface area contributed by atoms with E-state index in [-0.39, 0.29) is 11.8 Å². The second-order valence-electron chi connectivity index (χ2n) is 5.78. The van der Waals surface area contributed by atoms with Crippen molar-refractivity contribution >= 4 is 5.91 Å². The standard InChI is InChI=1S/C16H19N3O/c1-11-7-12(8-17)4-5-13(11)9-19-10-15-14(16(19)20)3-2-6-18-15/h4-5,7,14-15,18H,2-3,6,9-10H2,1H3. The van der Waals surface area contributed by atoms with Crippen molar-refractivity contribution < 1.29 is 4.79 Å². The zero-order valence-electron chi connectivity index (χ0n) is 11.7. The number of nitrogens with zero attached hydrogens (tertiary/aromatic N) is 2. The number of aryl methyl sites for hydroxylation is 1. The summed E-state index contributed by atoms with van der Waals surface area (Å²) in [6.07, 6.45) is 2.11. The van der Waals surface area contributed by atoms with Crippen molar-refractivity contribution in [2.75, 3.05) is 13.1 Å². The normalized spacial score (nSPS) is 25.4. The summed E-state index contributed by atoms with van der Waals surface area (Å²) >= 11 is 0. The number of likely N-dealkylation sites (tertiary alicyclic amines) is 1. The van der Waals surface area contributed by atoms with Gasteiger partial charge in [-0.1, -0.05) is 6.07 Å². The van der Waals surface area contributed by atoms with Crippen LogP contribution in [0.3, 0.4) is 0 Å². The van der Waals surface area contributed by atoms with E-state index in [4.69, 9.17) is 5.26 Å². The molecule has 2 aliphatic rings. The van der Waals surface area contributed by atoms with Crippen LogP contribution >= 0.6 is 0 Å². The molecule has 0 radical (unpaired) electrons. The first-order valence-electron chi connectivity index (χ1n) is 7.21. The summed E-state index contributed by atoms with van der Waals surface area (Å²) in [5.74, 6) is 0.452. The van der Waals surface area contributed by atoms with Crippen LogP contribution in [-0.2, 0) is 11.3 Å². The number of piperidine rings is 1. The number of fused-ring (bicyclic) bond motifs is 1. The maximum Gasteiger partial charge on any atom is 0.227 e. The van der Waals surface area contributed by atoms with Gasteiger partial charge in [0.1, 0.15) is 0 Å². The molecule has 3 rings (SSSR count). The predicted octanol–water partition coefficient (Wildman–Crippen LogP) is 1.58. The van der Waals surface area contributed by atoms with Gasteiger partial charge in [0, 0.05) is 19.1 Å². The highest BCUT2D eigenvalue weighted by molar-refractivity contribution is 5.82. The Morgan fingerprint density at radius 1 is 1.50 bits per heavy atom. The number of carbonyl (C=O) groups excluding carboxylic acids is 1.